The topological polar surface area (TPSA) is 37.4 Å². The highest BCUT2D eigenvalue weighted by atomic mass is 35.5. The van der Waals surface area contributed by atoms with Crippen molar-refractivity contribution < 1.29 is 35.9 Å². The summed E-state index contributed by atoms with van der Waals surface area (Å²) in [7, 11) is 0. The number of Topliss-reactive ketones (excluding diaryl/α,β-unsaturated/α-hetero) is 1. The first-order valence-corrected chi connectivity index (χ1v) is 14.4. The lowest BCUT2D eigenvalue weighted by Gasteiger charge is -2.36. The number of rotatable bonds is 6. The predicted octanol–water partition coefficient (Wildman–Crippen LogP) is 9.61. The number of benzene rings is 3. The average molecular weight is 624 g/mol. The van der Waals surface area contributed by atoms with E-state index >= 15 is 4.39 Å². The van der Waals surface area contributed by atoms with Crippen molar-refractivity contribution in [1.82, 2.24) is 4.90 Å². The highest BCUT2D eigenvalue weighted by molar-refractivity contribution is 7.21. The summed E-state index contributed by atoms with van der Waals surface area (Å²) in [5, 5.41) is -0.378. The Morgan fingerprint density at radius 2 is 1.48 bits per heavy atom. The molecule has 0 unspecified atom stereocenters. The van der Waals surface area contributed by atoms with Gasteiger partial charge in [0, 0.05) is 23.7 Å². The third-order valence-electron chi connectivity index (χ3n) is 7.69. The van der Waals surface area contributed by atoms with Crippen LogP contribution in [0.15, 0.2) is 54.6 Å². The summed E-state index contributed by atoms with van der Waals surface area (Å²) in [5.74, 6) is -4.17. The first-order valence-electron chi connectivity index (χ1n) is 13.2. The van der Waals surface area contributed by atoms with Crippen molar-refractivity contribution in [1.29, 1.82) is 0 Å². The van der Waals surface area contributed by atoms with Crippen molar-refractivity contribution >= 4 is 44.7 Å². The highest BCUT2D eigenvalue weighted by Crippen LogP contribution is 2.40. The van der Waals surface area contributed by atoms with Crippen LogP contribution in [0, 0.1) is 23.4 Å². The number of thiophene rings is 1. The summed E-state index contributed by atoms with van der Waals surface area (Å²) >= 11 is 7.17. The molecule has 5 rings (SSSR count). The minimum absolute atomic E-state index is 0.0456. The zero-order valence-electron chi connectivity index (χ0n) is 22.2. The quantitative estimate of drug-likeness (QED) is 0.158. The lowest BCUT2D eigenvalue weighted by molar-refractivity contribution is -0.0885. The summed E-state index contributed by atoms with van der Waals surface area (Å²) in [6, 6.07) is 10.5. The molecule has 3 nitrogen and oxygen atoms in total. The fraction of sp³-hybridized carbons (Fsp3) is 0.290. The Morgan fingerprint density at radius 1 is 0.881 bits per heavy atom. The molecule has 220 valence electrons. The molecule has 1 aliphatic rings. The molecule has 0 atom stereocenters. The molecule has 0 radical (unpaired) electrons. The van der Waals surface area contributed by atoms with Crippen LogP contribution in [0.3, 0.4) is 0 Å². The molecule has 1 fully saturated rings. The van der Waals surface area contributed by atoms with Crippen molar-refractivity contribution in [2.75, 3.05) is 0 Å². The van der Waals surface area contributed by atoms with E-state index < -0.39 is 40.9 Å². The van der Waals surface area contributed by atoms with Crippen LogP contribution >= 0.6 is 22.9 Å². The average Bonchev–Trinajstić information content (AvgIpc) is 3.32. The maximum atomic E-state index is 15.2. The Balaban J connectivity index is 1.50. The molecule has 4 aromatic rings. The van der Waals surface area contributed by atoms with Crippen LogP contribution in [-0.2, 0) is 6.54 Å². The maximum Gasteiger partial charge on any atom is 0.454 e. The SMILES string of the molecule is C[C@H]1CC[C@H](N(Cc2cc(-c3ccc(C(=O)C(F)(F)F)cc3)ccc2F)C(=O)c2sc3c(F)ccc(F)c3c2Cl)CC1. The molecule has 1 saturated carbocycles. The Bertz CT molecular complexity index is 1660. The normalized spacial score (nSPS) is 17.4. The van der Waals surface area contributed by atoms with Gasteiger partial charge in [-0.25, -0.2) is 13.2 Å². The molecule has 1 heterocycles. The van der Waals surface area contributed by atoms with Crippen molar-refractivity contribution in [3.63, 3.8) is 0 Å². The predicted molar refractivity (Wildman–Crippen MR) is 150 cm³/mol. The van der Waals surface area contributed by atoms with Gasteiger partial charge in [0.1, 0.15) is 22.3 Å². The molecule has 42 heavy (non-hydrogen) atoms. The Labute approximate surface area is 246 Å². The molecule has 0 spiro atoms. The Hall–Kier alpha value is -3.37. The first kappa shape index (κ1) is 30.1. The lowest BCUT2D eigenvalue weighted by atomic mass is 9.86. The van der Waals surface area contributed by atoms with Gasteiger partial charge >= 0.3 is 6.18 Å². The third-order valence-corrected chi connectivity index (χ3v) is 9.36. The van der Waals surface area contributed by atoms with Crippen molar-refractivity contribution in [2.45, 2.75) is 51.4 Å². The molecule has 0 aliphatic heterocycles. The molecule has 0 saturated heterocycles. The minimum Gasteiger partial charge on any atom is -0.330 e. The second-order valence-corrected chi connectivity index (χ2v) is 11.9. The van der Waals surface area contributed by atoms with E-state index in [4.69, 9.17) is 11.6 Å². The van der Waals surface area contributed by atoms with E-state index in [0.29, 0.717) is 29.9 Å². The van der Waals surface area contributed by atoms with Crippen molar-refractivity contribution in [3.8, 4) is 11.1 Å². The Kier molecular flexibility index (Phi) is 8.40. The van der Waals surface area contributed by atoms with E-state index in [-0.39, 0.29) is 38.1 Å². The number of fused-ring (bicyclic) bond motifs is 1. The lowest BCUT2D eigenvalue weighted by Crippen LogP contribution is -2.41. The third kappa shape index (κ3) is 5.92. The van der Waals surface area contributed by atoms with Gasteiger partial charge in [-0.05, 0) is 67.0 Å². The molecule has 1 aliphatic carbocycles. The number of carbonyl (C=O) groups excluding carboxylic acids is 2. The number of nitrogens with zero attached hydrogens (tertiary/aromatic N) is 1. The monoisotopic (exact) mass is 623 g/mol. The number of alkyl halides is 3. The summed E-state index contributed by atoms with van der Waals surface area (Å²) in [4.78, 5) is 26.9. The summed E-state index contributed by atoms with van der Waals surface area (Å²) in [5.41, 5.74) is 0.526. The van der Waals surface area contributed by atoms with E-state index in [2.05, 4.69) is 6.92 Å². The van der Waals surface area contributed by atoms with Crippen LogP contribution in [0.1, 0.15) is 58.2 Å². The van der Waals surface area contributed by atoms with Crippen LogP contribution < -0.4 is 0 Å². The van der Waals surface area contributed by atoms with Crippen LogP contribution in [-0.4, -0.2) is 28.8 Å². The zero-order chi connectivity index (χ0) is 30.3. The van der Waals surface area contributed by atoms with Gasteiger partial charge in [0.05, 0.1) is 15.1 Å². The van der Waals surface area contributed by atoms with Gasteiger partial charge in [0.25, 0.3) is 11.7 Å². The van der Waals surface area contributed by atoms with Gasteiger partial charge in [-0.3, -0.25) is 9.59 Å². The summed E-state index contributed by atoms with van der Waals surface area (Å²) in [6.07, 6.45) is -2.04. The number of hydrogen-bond acceptors (Lipinski definition) is 3. The van der Waals surface area contributed by atoms with E-state index in [1.165, 1.54) is 35.2 Å². The smallest absolute Gasteiger partial charge is 0.330 e. The second kappa shape index (κ2) is 11.7. The van der Waals surface area contributed by atoms with Gasteiger partial charge < -0.3 is 4.90 Å². The Morgan fingerprint density at radius 3 is 2.10 bits per heavy atom. The number of hydrogen-bond donors (Lipinski definition) is 0. The van der Waals surface area contributed by atoms with Crippen molar-refractivity contribution in [3.05, 3.63) is 93.1 Å². The summed E-state index contributed by atoms with van der Waals surface area (Å²) in [6.45, 7) is 1.94. The van der Waals surface area contributed by atoms with Gasteiger partial charge in [-0.2, -0.15) is 13.2 Å². The number of halogens is 7. The number of ketones is 1. The molecule has 11 heteroatoms. The van der Waals surface area contributed by atoms with Crippen LogP contribution in [0.5, 0.6) is 0 Å². The standard InChI is InChI=1S/C31H24ClF6NO2S/c1-16-2-9-21(10-3-16)39(30(41)28-26(32)25-23(34)12-13-24(35)27(25)42-28)15-20-14-19(8-11-22(20)33)17-4-6-18(7-5-17)29(40)31(36,37)38/h4-8,11-14,16,21H,2-3,9-10,15H2,1H3/t16-,21-. The first-order chi connectivity index (χ1) is 19.8. The number of carbonyl (C=O) groups is 2. The molecular weight excluding hydrogens is 600 g/mol. The van der Waals surface area contributed by atoms with E-state index in [0.717, 1.165) is 48.4 Å². The van der Waals surface area contributed by atoms with Gasteiger partial charge in [-0.1, -0.05) is 48.9 Å². The second-order valence-electron chi connectivity index (χ2n) is 10.5. The van der Waals surface area contributed by atoms with E-state index in [1.54, 1.807) is 0 Å². The van der Waals surface area contributed by atoms with Crippen molar-refractivity contribution in [2.24, 2.45) is 5.92 Å². The molecule has 1 amide bonds. The van der Waals surface area contributed by atoms with Crippen LogP contribution in [0.4, 0.5) is 26.3 Å². The molecule has 0 N–H and O–H groups in total. The highest BCUT2D eigenvalue weighted by Gasteiger charge is 2.39. The van der Waals surface area contributed by atoms with Gasteiger partial charge in [0.15, 0.2) is 0 Å². The maximum absolute atomic E-state index is 15.2. The largest absolute Gasteiger partial charge is 0.454 e. The van der Waals surface area contributed by atoms with Crippen LogP contribution in [0.2, 0.25) is 5.02 Å². The number of amides is 1. The zero-order valence-corrected chi connectivity index (χ0v) is 23.8. The molecule has 0 bridgehead atoms. The van der Waals surface area contributed by atoms with E-state index in [9.17, 15) is 31.5 Å². The molecule has 3 aromatic carbocycles. The van der Waals surface area contributed by atoms with Crippen LogP contribution in [0.25, 0.3) is 21.2 Å². The molecule has 1 aromatic heterocycles. The van der Waals surface area contributed by atoms with E-state index in [1.807, 2.05) is 0 Å². The minimum atomic E-state index is -5.01. The molecular formula is C31H24ClF6NO2S. The summed E-state index contributed by atoms with van der Waals surface area (Å²) < 4.78 is 82.5. The fourth-order valence-corrected chi connectivity index (χ4v) is 6.83. The fourth-order valence-electron chi connectivity index (χ4n) is 5.32. The van der Waals surface area contributed by atoms with Gasteiger partial charge in [0.2, 0.25) is 0 Å². The van der Waals surface area contributed by atoms with Gasteiger partial charge in [-0.15, -0.1) is 11.3 Å².